The number of nitrogens with one attached hydrogen (secondary N) is 1. The summed E-state index contributed by atoms with van der Waals surface area (Å²) in [5.41, 5.74) is 2.81. The number of aromatic nitrogens is 6. The first-order chi connectivity index (χ1) is 17.4. The Hall–Kier alpha value is -4.31. The number of carbonyl (C=O) groups excluding carboxylic acids is 1. The van der Waals surface area contributed by atoms with Crippen molar-refractivity contribution in [2.45, 2.75) is 13.1 Å². The van der Waals surface area contributed by atoms with E-state index in [1.165, 1.54) is 33.9 Å². The van der Waals surface area contributed by atoms with Crippen molar-refractivity contribution in [3.05, 3.63) is 99.6 Å². The van der Waals surface area contributed by atoms with Gasteiger partial charge < -0.3 is 5.32 Å². The Balaban J connectivity index is 1.25. The maximum atomic E-state index is 13.2. The fourth-order valence-corrected chi connectivity index (χ4v) is 3.99. The highest BCUT2D eigenvalue weighted by atomic mass is 35.5. The highest BCUT2D eigenvalue weighted by Crippen LogP contribution is 2.19. The van der Waals surface area contributed by atoms with Crippen molar-refractivity contribution in [1.29, 1.82) is 0 Å². The first-order valence-electron chi connectivity index (χ1n) is 11.1. The van der Waals surface area contributed by atoms with Gasteiger partial charge in [-0.2, -0.15) is 10.2 Å². The number of rotatable bonds is 7. The van der Waals surface area contributed by atoms with Crippen molar-refractivity contribution in [2.75, 3.05) is 6.54 Å². The second kappa shape index (κ2) is 9.74. The average Bonchev–Trinajstić information content (AvgIpc) is 3.46. The molecule has 36 heavy (non-hydrogen) atoms. The van der Waals surface area contributed by atoms with Gasteiger partial charge in [-0.1, -0.05) is 23.7 Å². The van der Waals surface area contributed by atoms with Gasteiger partial charge in [0.05, 0.1) is 25.0 Å². The molecule has 11 heteroatoms. The third-order valence-corrected chi connectivity index (χ3v) is 6.00. The molecule has 0 saturated heterocycles. The number of benzene rings is 2. The molecule has 1 N–H and O–H groups in total. The number of nitrogens with zero attached hydrogens (tertiary/aromatic N) is 6. The molecule has 182 valence electrons. The lowest BCUT2D eigenvalue weighted by Crippen LogP contribution is -2.29. The van der Waals surface area contributed by atoms with Crippen molar-refractivity contribution < 1.29 is 9.18 Å². The van der Waals surface area contributed by atoms with E-state index in [4.69, 9.17) is 11.6 Å². The molecule has 0 atom stereocenters. The highest BCUT2D eigenvalue weighted by molar-refractivity contribution is 6.30. The monoisotopic (exact) mass is 505 g/mol. The zero-order valence-electron chi connectivity index (χ0n) is 19.2. The van der Waals surface area contributed by atoms with Crippen molar-refractivity contribution in [3.63, 3.8) is 0 Å². The van der Waals surface area contributed by atoms with Gasteiger partial charge in [-0.25, -0.2) is 14.1 Å². The molecular weight excluding hydrogens is 485 g/mol. The van der Waals surface area contributed by atoms with E-state index in [-0.39, 0.29) is 23.8 Å². The van der Waals surface area contributed by atoms with E-state index in [1.807, 2.05) is 12.1 Å². The molecule has 0 aliphatic heterocycles. The lowest BCUT2D eigenvalue weighted by Gasteiger charge is -2.08. The molecule has 1 amide bonds. The van der Waals surface area contributed by atoms with E-state index in [1.54, 1.807) is 42.1 Å². The van der Waals surface area contributed by atoms with Gasteiger partial charge in [0, 0.05) is 24.2 Å². The van der Waals surface area contributed by atoms with Crippen LogP contribution in [0, 0.1) is 5.82 Å². The standard InChI is InChI=1S/C25H21ClFN7O2/c1-32-22(12-21(31-32)17-4-8-19(27)9-5-17)24(35)28-10-11-34-23-20(13-30-34)25(36)33(15-29-23)14-16-2-6-18(26)7-3-16/h2-9,12-13,15H,10-11,14H2,1H3,(H,28,35). The first kappa shape index (κ1) is 23.4. The van der Waals surface area contributed by atoms with Crippen LogP contribution >= 0.6 is 11.6 Å². The number of carbonyl (C=O) groups is 1. The smallest absolute Gasteiger partial charge is 0.269 e. The predicted octanol–water partition coefficient (Wildman–Crippen LogP) is 3.26. The summed E-state index contributed by atoms with van der Waals surface area (Å²) in [6.07, 6.45) is 2.98. The zero-order chi connectivity index (χ0) is 25.2. The number of hydrogen-bond acceptors (Lipinski definition) is 5. The Morgan fingerprint density at radius 2 is 1.86 bits per heavy atom. The summed E-state index contributed by atoms with van der Waals surface area (Å²) in [6.45, 7) is 0.957. The zero-order valence-corrected chi connectivity index (χ0v) is 20.0. The maximum Gasteiger partial charge on any atom is 0.269 e. The summed E-state index contributed by atoms with van der Waals surface area (Å²) in [5.74, 6) is -0.651. The number of hydrogen-bond donors (Lipinski definition) is 1. The van der Waals surface area contributed by atoms with Crippen LogP contribution in [0.2, 0.25) is 5.02 Å². The summed E-state index contributed by atoms with van der Waals surface area (Å²) in [4.78, 5) is 30.0. The summed E-state index contributed by atoms with van der Waals surface area (Å²) >= 11 is 5.93. The van der Waals surface area contributed by atoms with E-state index in [0.29, 0.717) is 46.1 Å². The van der Waals surface area contributed by atoms with Crippen molar-refractivity contribution in [1.82, 2.24) is 34.4 Å². The fraction of sp³-hybridized carbons (Fsp3) is 0.160. The quantitative estimate of drug-likeness (QED) is 0.366. The fourth-order valence-electron chi connectivity index (χ4n) is 3.87. The molecule has 5 rings (SSSR count). The number of aryl methyl sites for hydroxylation is 1. The number of amides is 1. The summed E-state index contributed by atoms with van der Waals surface area (Å²) in [7, 11) is 1.67. The molecule has 3 aromatic heterocycles. The van der Waals surface area contributed by atoms with Gasteiger partial charge in [0.15, 0.2) is 5.65 Å². The molecule has 0 bridgehead atoms. The Kier molecular flexibility index (Phi) is 6.34. The van der Waals surface area contributed by atoms with Gasteiger partial charge in [0.1, 0.15) is 23.2 Å². The average molecular weight is 506 g/mol. The van der Waals surface area contributed by atoms with Crippen LogP contribution in [-0.4, -0.2) is 41.6 Å². The molecule has 0 fully saturated rings. The molecule has 9 nitrogen and oxygen atoms in total. The Bertz CT molecular complexity index is 1600. The van der Waals surface area contributed by atoms with Gasteiger partial charge >= 0.3 is 0 Å². The van der Waals surface area contributed by atoms with E-state index in [0.717, 1.165) is 5.56 Å². The third-order valence-electron chi connectivity index (χ3n) is 5.75. The maximum absolute atomic E-state index is 13.2. The molecule has 2 aromatic carbocycles. The molecule has 0 unspecified atom stereocenters. The topological polar surface area (TPSA) is 99.6 Å². The molecule has 0 aliphatic carbocycles. The van der Waals surface area contributed by atoms with Gasteiger partial charge in [-0.15, -0.1) is 0 Å². The number of halogens is 2. The van der Waals surface area contributed by atoms with Crippen molar-refractivity contribution in [2.24, 2.45) is 7.05 Å². The van der Waals surface area contributed by atoms with Crippen LogP contribution in [0.5, 0.6) is 0 Å². The second-order valence-electron chi connectivity index (χ2n) is 8.21. The SMILES string of the molecule is Cn1nc(-c2ccc(F)cc2)cc1C(=O)NCCn1ncc2c(=O)n(Cc3ccc(Cl)cc3)cnc21. The summed E-state index contributed by atoms with van der Waals surface area (Å²) in [6, 6.07) is 14.8. The largest absolute Gasteiger partial charge is 0.349 e. The minimum atomic E-state index is -0.339. The summed E-state index contributed by atoms with van der Waals surface area (Å²) in [5, 5.41) is 12.5. The molecule has 3 heterocycles. The Morgan fingerprint density at radius 3 is 2.61 bits per heavy atom. The van der Waals surface area contributed by atoms with Crippen LogP contribution in [0.3, 0.4) is 0 Å². The van der Waals surface area contributed by atoms with Crippen molar-refractivity contribution >= 4 is 28.5 Å². The van der Waals surface area contributed by atoms with Gasteiger partial charge in [0.2, 0.25) is 0 Å². The van der Waals surface area contributed by atoms with Crippen LogP contribution in [-0.2, 0) is 20.1 Å². The molecule has 0 spiro atoms. The highest BCUT2D eigenvalue weighted by Gasteiger charge is 2.15. The van der Waals surface area contributed by atoms with Crippen LogP contribution in [0.4, 0.5) is 4.39 Å². The normalized spacial score (nSPS) is 11.2. The molecule has 5 aromatic rings. The summed E-state index contributed by atoms with van der Waals surface area (Å²) < 4.78 is 17.8. The minimum Gasteiger partial charge on any atom is -0.349 e. The lowest BCUT2D eigenvalue weighted by molar-refractivity contribution is 0.0942. The van der Waals surface area contributed by atoms with Crippen LogP contribution in [0.15, 0.2) is 71.9 Å². The van der Waals surface area contributed by atoms with E-state index in [2.05, 4.69) is 20.5 Å². The van der Waals surface area contributed by atoms with Crippen LogP contribution < -0.4 is 10.9 Å². The predicted molar refractivity (Wildman–Crippen MR) is 133 cm³/mol. The van der Waals surface area contributed by atoms with Crippen LogP contribution in [0.25, 0.3) is 22.3 Å². The van der Waals surface area contributed by atoms with Gasteiger partial charge in [-0.05, 0) is 48.0 Å². The lowest BCUT2D eigenvalue weighted by atomic mass is 10.1. The van der Waals surface area contributed by atoms with E-state index >= 15 is 0 Å². The molecule has 0 saturated carbocycles. The molecule has 0 radical (unpaired) electrons. The molecular formula is C25H21ClFN7O2. The Morgan fingerprint density at radius 1 is 1.11 bits per heavy atom. The number of fused-ring (bicyclic) bond motifs is 1. The van der Waals surface area contributed by atoms with Crippen LogP contribution in [0.1, 0.15) is 16.1 Å². The van der Waals surface area contributed by atoms with Gasteiger partial charge in [0.25, 0.3) is 11.5 Å². The minimum absolute atomic E-state index is 0.201. The third kappa shape index (κ3) is 4.76. The Labute approximate surface area is 209 Å². The van der Waals surface area contributed by atoms with Gasteiger partial charge in [-0.3, -0.25) is 18.8 Å². The molecule has 0 aliphatic rings. The van der Waals surface area contributed by atoms with E-state index < -0.39 is 0 Å². The first-order valence-corrected chi connectivity index (χ1v) is 11.5. The second-order valence-corrected chi connectivity index (χ2v) is 8.65. The van der Waals surface area contributed by atoms with Crippen molar-refractivity contribution in [3.8, 4) is 11.3 Å². The van der Waals surface area contributed by atoms with E-state index in [9.17, 15) is 14.0 Å².